The van der Waals surface area contributed by atoms with E-state index >= 15 is 0 Å². The molecule has 1 aromatic heterocycles. The molecule has 0 saturated carbocycles. The van der Waals surface area contributed by atoms with Crippen LogP contribution in [-0.4, -0.2) is 48.3 Å². The minimum absolute atomic E-state index is 0.00651. The van der Waals surface area contributed by atoms with Crippen molar-refractivity contribution >= 4 is 6.03 Å². The monoisotopic (exact) mass is 279 g/mol. The SMILES string of the molecule is CN(CCC1CCCCO1)C(=O)NCCn1cccc1. The van der Waals surface area contributed by atoms with Gasteiger partial charge in [0.1, 0.15) is 0 Å². The van der Waals surface area contributed by atoms with Crippen molar-refractivity contribution in [3.63, 3.8) is 0 Å². The van der Waals surface area contributed by atoms with Gasteiger partial charge in [-0.15, -0.1) is 0 Å². The molecule has 0 radical (unpaired) electrons. The summed E-state index contributed by atoms with van der Waals surface area (Å²) in [6.07, 6.45) is 8.81. The molecule has 1 atom stereocenters. The summed E-state index contributed by atoms with van der Waals surface area (Å²) >= 11 is 0. The van der Waals surface area contributed by atoms with Crippen LogP contribution in [0.2, 0.25) is 0 Å². The molecule has 112 valence electrons. The first-order valence-electron chi connectivity index (χ1n) is 7.47. The third-order valence-corrected chi connectivity index (χ3v) is 3.72. The maximum atomic E-state index is 11.9. The van der Waals surface area contributed by atoms with Crippen molar-refractivity contribution in [2.75, 3.05) is 26.7 Å². The van der Waals surface area contributed by atoms with Crippen LogP contribution in [0.25, 0.3) is 0 Å². The summed E-state index contributed by atoms with van der Waals surface area (Å²) < 4.78 is 7.73. The second-order valence-electron chi connectivity index (χ2n) is 5.35. The van der Waals surface area contributed by atoms with Crippen LogP contribution in [0.3, 0.4) is 0 Å². The van der Waals surface area contributed by atoms with Gasteiger partial charge in [-0.1, -0.05) is 0 Å². The summed E-state index contributed by atoms with van der Waals surface area (Å²) in [5.74, 6) is 0. The van der Waals surface area contributed by atoms with Gasteiger partial charge in [-0.25, -0.2) is 4.79 Å². The first kappa shape index (κ1) is 14.9. The predicted octanol–water partition coefficient (Wildman–Crippen LogP) is 2.09. The summed E-state index contributed by atoms with van der Waals surface area (Å²) in [5.41, 5.74) is 0. The first-order chi connectivity index (χ1) is 9.75. The van der Waals surface area contributed by atoms with Gasteiger partial charge in [0.05, 0.1) is 6.10 Å². The van der Waals surface area contributed by atoms with Crippen molar-refractivity contribution < 1.29 is 9.53 Å². The lowest BCUT2D eigenvalue weighted by Gasteiger charge is -2.25. The summed E-state index contributed by atoms with van der Waals surface area (Å²) in [6, 6.07) is 3.96. The highest BCUT2D eigenvalue weighted by Crippen LogP contribution is 2.15. The van der Waals surface area contributed by atoms with Crippen LogP contribution in [0.4, 0.5) is 4.79 Å². The molecular weight excluding hydrogens is 254 g/mol. The van der Waals surface area contributed by atoms with E-state index in [1.807, 2.05) is 31.6 Å². The molecule has 1 aromatic rings. The van der Waals surface area contributed by atoms with Gasteiger partial charge in [-0.05, 0) is 37.8 Å². The molecule has 1 unspecified atom stereocenters. The smallest absolute Gasteiger partial charge is 0.317 e. The Hall–Kier alpha value is -1.49. The van der Waals surface area contributed by atoms with Crippen LogP contribution in [-0.2, 0) is 11.3 Å². The van der Waals surface area contributed by atoms with E-state index in [0.29, 0.717) is 12.6 Å². The highest BCUT2D eigenvalue weighted by atomic mass is 16.5. The normalized spacial score (nSPS) is 18.8. The molecule has 0 aliphatic carbocycles. The molecule has 1 saturated heterocycles. The fourth-order valence-electron chi connectivity index (χ4n) is 2.42. The number of nitrogens with one attached hydrogen (secondary N) is 1. The van der Waals surface area contributed by atoms with E-state index < -0.39 is 0 Å². The van der Waals surface area contributed by atoms with Crippen molar-refractivity contribution in [2.24, 2.45) is 0 Å². The quantitative estimate of drug-likeness (QED) is 0.866. The fourth-order valence-corrected chi connectivity index (χ4v) is 2.42. The lowest BCUT2D eigenvalue weighted by atomic mass is 10.1. The zero-order valence-corrected chi connectivity index (χ0v) is 12.3. The maximum absolute atomic E-state index is 11.9. The van der Waals surface area contributed by atoms with Crippen molar-refractivity contribution in [2.45, 2.75) is 38.3 Å². The molecule has 1 N–H and O–H groups in total. The topological polar surface area (TPSA) is 46.5 Å². The molecule has 5 heteroatoms. The Kier molecular flexibility index (Phi) is 5.92. The Morgan fingerprint density at radius 2 is 2.20 bits per heavy atom. The van der Waals surface area contributed by atoms with Crippen molar-refractivity contribution in [1.82, 2.24) is 14.8 Å². The first-order valence-corrected chi connectivity index (χ1v) is 7.47. The summed E-state index contributed by atoms with van der Waals surface area (Å²) in [7, 11) is 1.84. The zero-order chi connectivity index (χ0) is 14.2. The van der Waals surface area contributed by atoms with Gasteiger partial charge in [0, 0.05) is 45.7 Å². The van der Waals surface area contributed by atoms with Crippen molar-refractivity contribution in [3.05, 3.63) is 24.5 Å². The Morgan fingerprint density at radius 3 is 2.90 bits per heavy atom. The minimum atomic E-state index is -0.00651. The van der Waals surface area contributed by atoms with E-state index in [-0.39, 0.29) is 6.03 Å². The summed E-state index contributed by atoms with van der Waals surface area (Å²) in [4.78, 5) is 13.7. The Balaban J connectivity index is 1.58. The maximum Gasteiger partial charge on any atom is 0.317 e. The van der Waals surface area contributed by atoms with Crippen LogP contribution < -0.4 is 5.32 Å². The molecule has 1 aliphatic rings. The van der Waals surface area contributed by atoms with E-state index in [1.54, 1.807) is 4.90 Å². The molecule has 2 heterocycles. The van der Waals surface area contributed by atoms with Gasteiger partial charge < -0.3 is 19.5 Å². The van der Waals surface area contributed by atoms with Gasteiger partial charge in [0.2, 0.25) is 0 Å². The van der Waals surface area contributed by atoms with E-state index in [1.165, 1.54) is 12.8 Å². The molecule has 20 heavy (non-hydrogen) atoms. The van der Waals surface area contributed by atoms with Crippen LogP contribution in [0.5, 0.6) is 0 Å². The number of urea groups is 1. The molecule has 1 fully saturated rings. The van der Waals surface area contributed by atoms with Crippen molar-refractivity contribution in [3.8, 4) is 0 Å². The second kappa shape index (κ2) is 7.94. The van der Waals surface area contributed by atoms with Crippen LogP contribution in [0, 0.1) is 0 Å². The number of carbonyl (C=O) groups excluding carboxylic acids is 1. The van der Waals surface area contributed by atoms with Crippen molar-refractivity contribution in [1.29, 1.82) is 0 Å². The second-order valence-corrected chi connectivity index (χ2v) is 5.35. The Bertz CT molecular complexity index is 386. The highest BCUT2D eigenvalue weighted by Gasteiger charge is 2.15. The largest absolute Gasteiger partial charge is 0.378 e. The van der Waals surface area contributed by atoms with E-state index in [9.17, 15) is 4.79 Å². The van der Waals surface area contributed by atoms with Crippen LogP contribution >= 0.6 is 0 Å². The highest BCUT2D eigenvalue weighted by molar-refractivity contribution is 5.73. The number of hydrogen-bond donors (Lipinski definition) is 1. The third-order valence-electron chi connectivity index (χ3n) is 3.72. The number of carbonyl (C=O) groups is 1. The Labute approximate surface area is 120 Å². The van der Waals surface area contributed by atoms with Gasteiger partial charge in [0.15, 0.2) is 0 Å². The molecule has 0 bridgehead atoms. The number of ether oxygens (including phenoxy) is 1. The average molecular weight is 279 g/mol. The number of aromatic nitrogens is 1. The van der Waals surface area contributed by atoms with E-state index in [4.69, 9.17) is 4.74 Å². The molecule has 2 rings (SSSR count). The Morgan fingerprint density at radius 1 is 1.40 bits per heavy atom. The molecular formula is C15H25N3O2. The minimum Gasteiger partial charge on any atom is -0.378 e. The van der Waals surface area contributed by atoms with Crippen LogP contribution in [0.15, 0.2) is 24.5 Å². The number of hydrogen-bond acceptors (Lipinski definition) is 2. The summed E-state index contributed by atoms with van der Waals surface area (Å²) in [6.45, 7) is 3.08. The fraction of sp³-hybridized carbons (Fsp3) is 0.667. The molecule has 1 aliphatic heterocycles. The zero-order valence-electron chi connectivity index (χ0n) is 12.3. The van der Waals surface area contributed by atoms with E-state index in [0.717, 1.165) is 32.5 Å². The average Bonchev–Trinajstić information content (AvgIpc) is 2.99. The molecule has 5 nitrogen and oxygen atoms in total. The molecule has 2 amide bonds. The van der Waals surface area contributed by atoms with Gasteiger partial charge in [0.25, 0.3) is 0 Å². The standard InChI is InChI=1S/C15H25N3O2/c1-17(11-7-14-6-2-5-13-20-14)15(19)16-8-12-18-9-3-4-10-18/h3-4,9-10,14H,2,5-8,11-13H2,1H3,(H,16,19). The lowest BCUT2D eigenvalue weighted by molar-refractivity contribution is 0.00828. The predicted molar refractivity (Wildman–Crippen MR) is 78.7 cm³/mol. The number of nitrogens with zero attached hydrogens (tertiary/aromatic N) is 2. The van der Waals surface area contributed by atoms with E-state index in [2.05, 4.69) is 9.88 Å². The molecule has 0 spiro atoms. The lowest BCUT2D eigenvalue weighted by Crippen LogP contribution is -2.40. The van der Waals surface area contributed by atoms with Gasteiger partial charge >= 0.3 is 6.03 Å². The van der Waals surface area contributed by atoms with Gasteiger partial charge in [-0.3, -0.25) is 0 Å². The third kappa shape index (κ3) is 4.89. The number of rotatable bonds is 6. The number of amides is 2. The molecule has 0 aromatic carbocycles. The van der Waals surface area contributed by atoms with Crippen LogP contribution in [0.1, 0.15) is 25.7 Å². The van der Waals surface area contributed by atoms with Gasteiger partial charge in [-0.2, -0.15) is 0 Å². The summed E-state index contributed by atoms with van der Waals surface area (Å²) in [5, 5.41) is 2.93.